The highest BCUT2D eigenvalue weighted by molar-refractivity contribution is 6.04. The van der Waals surface area contributed by atoms with Crippen LogP contribution in [0.4, 0.5) is 5.69 Å². The molecule has 1 aliphatic heterocycles. The van der Waals surface area contributed by atoms with Crippen LogP contribution in [0.2, 0.25) is 0 Å². The normalized spacial score (nSPS) is 19.1. The third kappa shape index (κ3) is 3.71. The van der Waals surface area contributed by atoms with Crippen molar-refractivity contribution >= 4 is 17.5 Å². The van der Waals surface area contributed by atoms with Crippen LogP contribution in [0.3, 0.4) is 0 Å². The van der Waals surface area contributed by atoms with E-state index in [4.69, 9.17) is 0 Å². The molecule has 3 aromatic rings. The highest BCUT2D eigenvalue weighted by Gasteiger charge is 2.45. The zero-order valence-corrected chi connectivity index (χ0v) is 18.3. The standard InChI is InChI=1S/C26H24N4O3/c1-16-27-25(33)26(29-16)11-10-18-12-19(8-9-20(18)14-26)23(31)28-22-13-21(15-30(2)24(22)32)17-6-4-3-5-7-17/h3-9,12-13,15,29H,1,10-11,14H2,2H3,(H,27,33)(H,28,31). The summed E-state index contributed by atoms with van der Waals surface area (Å²) < 4.78 is 1.47. The first-order valence-corrected chi connectivity index (χ1v) is 10.8. The fourth-order valence-corrected chi connectivity index (χ4v) is 4.65. The maximum Gasteiger partial charge on any atom is 0.274 e. The Bertz CT molecular complexity index is 1360. The Morgan fingerprint density at radius 3 is 2.58 bits per heavy atom. The van der Waals surface area contributed by atoms with Gasteiger partial charge < -0.3 is 20.5 Å². The van der Waals surface area contributed by atoms with Crippen LogP contribution in [0.15, 0.2) is 78.0 Å². The molecule has 1 fully saturated rings. The molecule has 2 heterocycles. The van der Waals surface area contributed by atoms with Gasteiger partial charge in [0.1, 0.15) is 11.2 Å². The van der Waals surface area contributed by atoms with Crippen LogP contribution in [-0.4, -0.2) is 21.9 Å². The number of nitrogens with one attached hydrogen (secondary N) is 3. The minimum atomic E-state index is -0.669. The van der Waals surface area contributed by atoms with Crippen molar-refractivity contribution in [2.45, 2.75) is 24.8 Å². The van der Waals surface area contributed by atoms with Crippen LogP contribution in [0, 0.1) is 0 Å². The summed E-state index contributed by atoms with van der Waals surface area (Å²) in [7, 11) is 1.67. The number of benzene rings is 2. The van der Waals surface area contributed by atoms with Crippen molar-refractivity contribution < 1.29 is 9.59 Å². The Balaban J connectivity index is 1.40. The van der Waals surface area contributed by atoms with E-state index in [1.807, 2.05) is 42.5 Å². The third-order valence-corrected chi connectivity index (χ3v) is 6.41. The van der Waals surface area contributed by atoms with E-state index in [2.05, 4.69) is 22.5 Å². The van der Waals surface area contributed by atoms with E-state index in [1.54, 1.807) is 25.4 Å². The molecular weight excluding hydrogens is 416 g/mol. The summed E-state index contributed by atoms with van der Waals surface area (Å²) in [5.41, 5.74) is 3.62. The number of fused-ring (bicyclic) bond motifs is 1. The van der Waals surface area contributed by atoms with Crippen LogP contribution in [0.5, 0.6) is 0 Å². The van der Waals surface area contributed by atoms with Crippen molar-refractivity contribution in [3.63, 3.8) is 0 Å². The summed E-state index contributed by atoms with van der Waals surface area (Å²) in [6.45, 7) is 3.80. The van der Waals surface area contributed by atoms with Crippen LogP contribution in [-0.2, 0) is 24.7 Å². The molecule has 5 rings (SSSR count). The minimum Gasteiger partial charge on any atom is -0.358 e. The van der Waals surface area contributed by atoms with Gasteiger partial charge in [-0.05, 0) is 47.7 Å². The number of amides is 2. The number of carbonyl (C=O) groups excluding carboxylic acids is 2. The van der Waals surface area contributed by atoms with Crippen molar-refractivity contribution in [1.29, 1.82) is 0 Å². The predicted octanol–water partition coefficient (Wildman–Crippen LogP) is 2.72. The lowest BCUT2D eigenvalue weighted by molar-refractivity contribution is -0.124. The van der Waals surface area contributed by atoms with Gasteiger partial charge in [-0.25, -0.2) is 0 Å². The molecule has 2 aromatic carbocycles. The fourth-order valence-electron chi connectivity index (χ4n) is 4.65. The predicted molar refractivity (Wildman–Crippen MR) is 127 cm³/mol. The topological polar surface area (TPSA) is 92.2 Å². The number of anilines is 1. The molecule has 33 heavy (non-hydrogen) atoms. The molecule has 3 N–H and O–H groups in total. The van der Waals surface area contributed by atoms with Gasteiger partial charge in [0.05, 0.1) is 5.82 Å². The first kappa shape index (κ1) is 20.8. The molecule has 7 nitrogen and oxygen atoms in total. The number of hydrogen-bond acceptors (Lipinski definition) is 4. The largest absolute Gasteiger partial charge is 0.358 e. The lowest BCUT2D eigenvalue weighted by atomic mass is 9.77. The molecule has 1 unspecified atom stereocenters. The van der Waals surface area contributed by atoms with Gasteiger partial charge in [-0.1, -0.05) is 43.0 Å². The molecule has 166 valence electrons. The smallest absolute Gasteiger partial charge is 0.274 e. The number of rotatable bonds is 3. The van der Waals surface area contributed by atoms with E-state index in [1.165, 1.54) is 4.57 Å². The quantitative estimate of drug-likeness (QED) is 0.584. The number of aryl methyl sites for hydroxylation is 2. The van der Waals surface area contributed by atoms with Gasteiger partial charge in [0.2, 0.25) is 0 Å². The van der Waals surface area contributed by atoms with Crippen molar-refractivity contribution in [3.05, 3.63) is 100 Å². The van der Waals surface area contributed by atoms with E-state index in [0.717, 1.165) is 22.3 Å². The van der Waals surface area contributed by atoms with E-state index in [-0.39, 0.29) is 23.1 Å². The summed E-state index contributed by atoms with van der Waals surface area (Å²) >= 11 is 0. The Labute approximate surface area is 191 Å². The number of pyridine rings is 1. The first-order valence-electron chi connectivity index (χ1n) is 10.8. The Morgan fingerprint density at radius 1 is 1.06 bits per heavy atom. The van der Waals surface area contributed by atoms with Gasteiger partial charge in [0.25, 0.3) is 17.4 Å². The monoisotopic (exact) mass is 440 g/mol. The number of carbonyl (C=O) groups is 2. The van der Waals surface area contributed by atoms with Crippen molar-refractivity contribution in [3.8, 4) is 11.1 Å². The highest BCUT2D eigenvalue weighted by atomic mass is 16.2. The average molecular weight is 441 g/mol. The van der Waals surface area contributed by atoms with Crippen LogP contribution >= 0.6 is 0 Å². The maximum absolute atomic E-state index is 13.0. The van der Waals surface area contributed by atoms with E-state index >= 15 is 0 Å². The molecule has 1 aliphatic carbocycles. The van der Waals surface area contributed by atoms with Crippen molar-refractivity contribution in [1.82, 2.24) is 15.2 Å². The van der Waals surface area contributed by atoms with E-state index in [0.29, 0.717) is 30.6 Å². The molecular formula is C26H24N4O3. The molecule has 0 bridgehead atoms. The van der Waals surface area contributed by atoms with Gasteiger partial charge in [-0.3, -0.25) is 14.4 Å². The van der Waals surface area contributed by atoms with Crippen molar-refractivity contribution in [2.24, 2.45) is 7.05 Å². The average Bonchev–Trinajstić information content (AvgIpc) is 3.08. The molecule has 2 aliphatic rings. The summed E-state index contributed by atoms with van der Waals surface area (Å²) in [6, 6.07) is 16.9. The molecule has 2 amide bonds. The second-order valence-electron chi connectivity index (χ2n) is 8.68. The Kier molecular flexibility index (Phi) is 4.89. The van der Waals surface area contributed by atoms with Gasteiger partial charge in [0, 0.05) is 30.8 Å². The summed E-state index contributed by atoms with van der Waals surface area (Å²) in [4.78, 5) is 38.1. The number of nitrogens with zero attached hydrogens (tertiary/aromatic N) is 1. The van der Waals surface area contributed by atoms with Gasteiger partial charge in [-0.2, -0.15) is 0 Å². The zero-order chi connectivity index (χ0) is 23.2. The molecule has 1 saturated heterocycles. The summed E-state index contributed by atoms with van der Waals surface area (Å²) in [5, 5.41) is 8.73. The van der Waals surface area contributed by atoms with Crippen LogP contribution < -0.4 is 21.5 Å². The maximum atomic E-state index is 13.0. The number of hydrogen-bond donors (Lipinski definition) is 3. The number of aromatic nitrogens is 1. The van der Waals surface area contributed by atoms with Gasteiger partial charge in [0.15, 0.2) is 0 Å². The van der Waals surface area contributed by atoms with Gasteiger partial charge >= 0.3 is 0 Å². The lowest BCUT2D eigenvalue weighted by Gasteiger charge is -2.32. The lowest BCUT2D eigenvalue weighted by Crippen LogP contribution is -2.50. The van der Waals surface area contributed by atoms with E-state index < -0.39 is 5.54 Å². The highest BCUT2D eigenvalue weighted by Crippen LogP contribution is 2.32. The summed E-state index contributed by atoms with van der Waals surface area (Å²) in [6.07, 6.45) is 3.57. The molecule has 0 radical (unpaired) electrons. The summed E-state index contributed by atoms with van der Waals surface area (Å²) in [5.74, 6) is 0.124. The second kappa shape index (κ2) is 7.78. The van der Waals surface area contributed by atoms with Gasteiger partial charge in [-0.15, -0.1) is 0 Å². The van der Waals surface area contributed by atoms with E-state index in [9.17, 15) is 14.4 Å². The minimum absolute atomic E-state index is 0.0610. The molecule has 1 atom stereocenters. The van der Waals surface area contributed by atoms with Crippen LogP contribution in [0.25, 0.3) is 11.1 Å². The first-order chi connectivity index (χ1) is 15.8. The fraction of sp³-hybridized carbons (Fsp3) is 0.192. The molecule has 1 spiro atoms. The van der Waals surface area contributed by atoms with Crippen LogP contribution in [0.1, 0.15) is 27.9 Å². The molecule has 1 aromatic heterocycles. The zero-order valence-electron chi connectivity index (χ0n) is 18.3. The molecule has 7 heteroatoms. The Hall–Kier alpha value is -4.13. The molecule has 0 saturated carbocycles. The SMILES string of the molecule is C=C1NC(=O)C2(CCc3cc(C(=O)Nc4cc(-c5ccccc5)cn(C)c4=O)ccc3C2)N1. The van der Waals surface area contributed by atoms with Crippen molar-refractivity contribution in [2.75, 3.05) is 5.32 Å². The second-order valence-corrected chi connectivity index (χ2v) is 8.68. The Morgan fingerprint density at radius 2 is 1.85 bits per heavy atom. The third-order valence-electron chi connectivity index (χ3n) is 6.41.